The molecule has 2 rings (SSSR count). The highest BCUT2D eigenvalue weighted by Crippen LogP contribution is 2.23. The van der Waals surface area contributed by atoms with E-state index < -0.39 is 0 Å². The quantitative estimate of drug-likeness (QED) is 0.901. The van der Waals surface area contributed by atoms with Crippen LogP contribution in [0.2, 0.25) is 5.02 Å². The van der Waals surface area contributed by atoms with Gasteiger partial charge in [0.2, 0.25) is 0 Å². The Hall–Kier alpha value is -1.26. The minimum absolute atomic E-state index is 0.245. The first kappa shape index (κ1) is 12.2. The number of hydrogen-bond donors (Lipinski definition) is 1. The second-order valence-electron chi connectivity index (χ2n) is 3.43. The van der Waals surface area contributed by atoms with Gasteiger partial charge in [-0.1, -0.05) is 11.6 Å². The van der Waals surface area contributed by atoms with Crippen molar-refractivity contribution in [2.24, 2.45) is 0 Å². The van der Waals surface area contributed by atoms with E-state index in [-0.39, 0.29) is 11.6 Å². The lowest BCUT2D eigenvalue weighted by atomic mass is 10.3. The summed E-state index contributed by atoms with van der Waals surface area (Å²) in [5, 5.41) is 5.72. The van der Waals surface area contributed by atoms with Gasteiger partial charge in [-0.25, -0.2) is 4.39 Å². The number of thiophene rings is 1. The van der Waals surface area contributed by atoms with Crippen LogP contribution < -0.4 is 10.1 Å². The number of hydrogen-bond acceptors (Lipinski definition) is 3. The minimum atomic E-state index is -0.373. The molecule has 0 fully saturated rings. The van der Waals surface area contributed by atoms with Crippen LogP contribution in [0.15, 0.2) is 29.6 Å². The van der Waals surface area contributed by atoms with Crippen LogP contribution in [0.1, 0.15) is 4.88 Å². The predicted molar refractivity (Wildman–Crippen MR) is 69.6 cm³/mol. The molecule has 90 valence electrons. The van der Waals surface area contributed by atoms with Gasteiger partial charge in [0.1, 0.15) is 0 Å². The van der Waals surface area contributed by atoms with Gasteiger partial charge in [0.15, 0.2) is 11.6 Å². The summed E-state index contributed by atoms with van der Waals surface area (Å²) < 4.78 is 18.2. The third-order valence-electron chi connectivity index (χ3n) is 2.24. The van der Waals surface area contributed by atoms with E-state index in [2.05, 4.69) is 5.32 Å². The number of nitrogens with one attached hydrogen (secondary N) is 1. The summed E-state index contributed by atoms with van der Waals surface area (Å²) in [4.78, 5) is 1.10. The highest BCUT2D eigenvalue weighted by Gasteiger charge is 2.03. The first-order valence-electron chi connectivity index (χ1n) is 4.99. The summed E-state index contributed by atoms with van der Waals surface area (Å²) in [7, 11) is 1.44. The average Bonchev–Trinajstić information content (AvgIpc) is 2.73. The molecule has 2 aromatic rings. The maximum Gasteiger partial charge on any atom is 0.167 e. The van der Waals surface area contributed by atoms with Crippen molar-refractivity contribution in [2.45, 2.75) is 6.54 Å². The van der Waals surface area contributed by atoms with Gasteiger partial charge in [0.05, 0.1) is 12.1 Å². The van der Waals surface area contributed by atoms with Crippen molar-refractivity contribution in [3.8, 4) is 5.75 Å². The number of ether oxygens (including phenoxy) is 1. The molecular weight excluding hydrogens is 261 g/mol. The Morgan fingerprint density at radius 3 is 2.82 bits per heavy atom. The average molecular weight is 272 g/mol. The van der Waals surface area contributed by atoms with E-state index >= 15 is 0 Å². The molecule has 1 aromatic heterocycles. The van der Waals surface area contributed by atoms with E-state index in [4.69, 9.17) is 16.3 Å². The molecular formula is C12H11ClFNOS. The van der Waals surface area contributed by atoms with E-state index in [0.29, 0.717) is 12.2 Å². The van der Waals surface area contributed by atoms with Crippen molar-refractivity contribution < 1.29 is 9.13 Å². The Morgan fingerprint density at radius 2 is 2.24 bits per heavy atom. The number of benzene rings is 1. The fourth-order valence-electron chi connectivity index (χ4n) is 1.41. The van der Waals surface area contributed by atoms with Gasteiger partial charge in [0, 0.05) is 28.6 Å². The molecule has 1 aromatic carbocycles. The zero-order valence-corrected chi connectivity index (χ0v) is 10.7. The smallest absolute Gasteiger partial charge is 0.167 e. The molecule has 2 nitrogen and oxygen atoms in total. The molecule has 0 spiro atoms. The van der Waals surface area contributed by atoms with Crippen molar-refractivity contribution >= 4 is 28.6 Å². The van der Waals surface area contributed by atoms with Gasteiger partial charge in [-0.3, -0.25) is 0 Å². The summed E-state index contributed by atoms with van der Waals surface area (Å²) in [6.45, 7) is 0.628. The number of halogens is 2. The Balaban J connectivity index is 2.02. The van der Waals surface area contributed by atoms with Crippen molar-refractivity contribution in [3.63, 3.8) is 0 Å². The van der Waals surface area contributed by atoms with Crippen LogP contribution in [0.25, 0.3) is 0 Å². The second kappa shape index (κ2) is 5.38. The van der Waals surface area contributed by atoms with Gasteiger partial charge >= 0.3 is 0 Å². The fourth-order valence-corrected chi connectivity index (χ4v) is 2.42. The van der Waals surface area contributed by atoms with Crippen LogP contribution in [0, 0.1) is 5.82 Å². The lowest BCUT2D eigenvalue weighted by Gasteiger charge is -2.07. The van der Waals surface area contributed by atoms with E-state index in [1.807, 2.05) is 11.4 Å². The SMILES string of the molecule is COc1ccc(NCc2cc(Cl)cs2)cc1F. The van der Waals surface area contributed by atoms with Gasteiger partial charge in [-0.2, -0.15) is 0 Å². The largest absolute Gasteiger partial charge is 0.494 e. The lowest BCUT2D eigenvalue weighted by Crippen LogP contribution is -1.98. The molecule has 0 saturated heterocycles. The number of rotatable bonds is 4. The molecule has 1 N–H and O–H groups in total. The van der Waals surface area contributed by atoms with Crippen LogP contribution >= 0.6 is 22.9 Å². The maximum absolute atomic E-state index is 13.4. The van der Waals surface area contributed by atoms with E-state index in [9.17, 15) is 4.39 Å². The monoisotopic (exact) mass is 271 g/mol. The Kier molecular flexibility index (Phi) is 3.86. The standard InChI is InChI=1S/C12H11ClFNOS/c1-16-12-3-2-9(5-11(12)14)15-6-10-4-8(13)7-17-10/h2-5,7,15H,6H2,1H3. The molecule has 0 amide bonds. The summed E-state index contributed by atoms with van der Waals surface area (Å²) >= 11 is 7.38. The van der Waals surface area contributed by atoms with Crippen LogP contribution in [0.5, 0.6) is 5.75 Å². The van der Waals surface area contributed by atoms with Crippen molar-refractivity contribution in [2.75, 3.05) is 12.4 Å². The Morgan fingerprint density at radius 1 is 1.41 bits per heavy atom. The fraction of sp³-hybridized carbons (Fsp3) is 0.167. The second-order valence-corrected chi connectivity index (χ2v) is 4.87. The number of anilines is 1. The van der Waals surface area contributed by atoms with Crippen LogP contribution in [-0.4, -0.2) is 7.11 Å². The normalized spacial score (nSPS) is 10.3. The first-order valence-corrected chi connectivity index (χ1v) is 6.25. The number of methoxy groups -OCH3 is 1. The molecule has 0 aliphatic carbocycles. The van der Waals surface area contributed by atoms with Crippen molar-refractivity contribution in [3.05, 3.63) is 45.4 Å². The minimum Gasteiger partial charge on any atom is -0.494 e. The summed E-state index contributed by atoms with van der Waals surface area (Å²) in [6, 6.07) is 6.67. The Labute approximate surface area is 108 Å². The first-order chi connectivity index (χ1) is 8.19. The van der Waals surface area contributed by atoms with Crippen LogP contribution in [-0.2, 0) is 6.54 Å². The van der Waals surface area contributed by atoms with Crippen molar-refractivity contribution in [1.29, 1.82) is 0 Å². The van der Waals surface area contributed by atoms with Gasteiger partial charge in [-0.15, -0.1) is 11.3 Å². The van der Waals surface area contributed by atoms with E-state index in [1.165, 1.54) is 13.2 Å². The molecule has 0 atom stereocenters. The molecule has 5 heteroatoms. The van der Waals surface area contributed by atoms with Crippen LogP contribution in [0.3, 0.4) is 0 Å². The molecule has 0 aliphatic heterocycles. The molecule has 0 unspecified atom stereocenters. The lowest BCUT2D eigenvalue weighted by molar-refractivity contribution is 0.386. The molecule has 1 heterocycles. The summed E-state index contributed by atoms with van der Waals surface area (Å²) in [5.41, 5.74) is 0.716. The third kappa shape index (κ3) is 3.11. The molecule has 0 radical (unpaired) electrons. The maximum atomic E-state index is 13.4. The van der Waals surface area contributed by atoms with Gasteiger partial charge in [-0.05, 0) is 18.2 Å². The third-order valence-corrected chi connectivity index (χ3v) is 3.52. The Bertz CT molecular complexity index is 515. The van der Waals surface area contributed by atoms with Gasteiger partial charge < -0.3 is 10.1 Å². The van der Waals surface area contributed by atoms with Crippen LogP contribution in [0.4, 0.5) is 10.1 Å². The molecule has 0 saturated carbocycles. The predicted octanol–water partition coefficient (Wildman–Crippen LogP) is 4.16. The summed E-state index contributed by atoms with van der Waals surface area (Å²) in [6.07, 6.45) is 0. The highest BCUT2D eigenvalue weighted by molar-refractivity contribution is 7.10. The molecule has 0 aliphatic rings. The zero-order valence-electron chi connectivity index (χ0n) is 9.17. The van der Waals surface area contributed by atoms with E-state index in [1.54, 1.807) is 23.5 Å². The zero-order chi connectivity index (χ0) is 12.3. The summed E-state index contributed by atoms with van der Waals surface area (Å²) in [5.74, 6) is -0.128. The van der Waals surface area contributed by atoms with E-state index in [0.717, 1.165) is 9.90 Å². The molecule has 17 heavy (non-hydrogen) atoms. The van der Waals surface area contributed by atoms with Crippen molar-refractivity contribution in [1.82, 2.24) is 0 Å². The highest BCUT2D eigenvalue weighted by atomic mass is 35.5. The molecule has 0 bridgehead atoms. The van der Waals surface area contributed by atoms with Gasteiger partial charge in [0.25, 0.3) is 0 Å². The topological polar surface area (TPSA) is 21.3 Å².